The molecule has 0 saturated carbocycles. The number of carboxylic acids is 1. The summed E-state index contributed by atoms with van der Waals surface area (Å²) in [5, 5.41) is 9.60. The van der Waals surface area contributed by atoms with Gasteiger partial charge in [-0.2, -0.15) is 0 Å². The molecule has 1 unspecified atom stereocenters. The van der Waals surface area contributed by atoms with Crippen LogP contribution in [-0.4, -0.2) is 74.1 Å². The Labute approximate surface area is 130 Å². The highest BCUT2D eigenvalue weighted by Gasteiger charge is 2.55. The molecule has 0 spiro atoms. The van der Waals surface area contributed by atoms with Crippen LogP contribution in [0.5, 0.6) is 0 Å². The Kier molecular flexibility index (Phi) is 5.77. The van der Waals surface area contributed by atoms with E-state index >= 15 is 0 Å². The van der Waals surface area contributed by atoms with Crippen LogP contribution in [0.1, 0.15) is 20.3 Å². The lowest BCUT2D eigenvalue weighted by molar-refractivity contribution is -0.157. The number of rotatable bonds is 7. The number of fused-ring (bicyclic) bond motifs is 1. The van der Waals surface area contributed by atoms with E-state index in [9.17, 15) is 14.7 Å². The minimum atomic E-state index is -0.862. The Morgan fingerprint density at radius 1 is 1.45 bits per heavy atom. The number of carbonyl (C=O) groups is 2. The maximum Gasteiger partial charge on any atom is 0.311 e. The first-order valence-corrected chi connectivity index (χ1v) is 7.80. The number of nitrogens with zero attached hydrogens (tertiary/aromatic N) is 1. The zero-order valence-corrected chi connectivity index (χ0v) is 13.2. The lowest BCUT2D eigenvalue weighted by Crippen LogP contribution is -2.45. The fraction of sp³-hybridized carbons (Fsp3) is 0.867. The van der Waals surface area contributed by atoms with Crippen molar-refractivity contribution in [3.63, 3.8) is 0 Å². The maximum absolute atomic E-state index is 12.4. The van der Waals surface area contributed by atoms with Gasteiger partial charge < -0.3 is 24.2 Å². The summed E-state index contributed by atoms with van der Waals surface area (Å²) in [5.41, 5.74) is -0.862. The smallest absolute Gasteiger partial charge is 0.311 e. The molecule has 2 rings (SSSR count). The summed E-state index contributed by atoms with van der Waals surface area (Å²) in [7, 11) is 0. The fourth-order valence-electron chi connectivity index (χ4n) is 3.22. The molecule has 22 heavy (non-hydrogen) atoms. The van der Waals surface area contributed by atoms with Crippen molar-refractivity contribution in [3.8, 4) is 0 Å². The Balaban J connectivity index is 1.93. The van der Waals surface area contributed by atoms with E-state index < -0.39 is 17.5 Å². The number of hydrogen-bond donors (Lipinski definition) is 1. The quantitative estimate of drug-likeness (QED) is 0.684. The molecule has 126 valence electrons. The molecule has 0 aromatic rings. The van der Waals surface area contributed by atoms with Gasteiger partial charge in [0.1, 0.15) is 6.10 Å². The number of carboxylic acid groups (broad SMARTS) is 1. The predicted octanol–water partition coefficient (Wildman–Crippen LogP) is 0.378. The van der Waals surface area contributed by atoms with Gasteiger partial charge in [0.05, 0.1) is 25.2 Å². The number of likely N-dealkylation sites (tertiary alicyclic amines) is 1. The lowest BCUT2D eigenvalue weighted by atomic mass is 9.74. The molecule has 0 aliphatic carbocycles. The molecule has 0 radical (unpaired) electrons. The summed E-state index contributed by atoms with van der Waals surface area (Å²) < 4.78 is 16.0. The van der Waals surface area contributed by atoms with Crippen LogP contribution in [0.25, 0.3) is 0 Å². The topological polar surface area (TPSA) is 85.3 Å². The summed E-state index contributed by atoms with van der Waals surface area (Å²) in [6, 6.07) is 0. The summed E-state index contributed by atoms with van der Waals surface area (Å²) in [5.74, 6) is -1.13. The average Bonchev–Trinajstić information content (AvgIpc) is 2.91. The zero-order valence-electron chi connectivity index (χ0n) is 13.2. The Hall–Kier alpha value is -1.18. The highest BCUT2D eigenvalue weighted by atomic mass is 16.5. The van der Waals surface area contributed by atoms with Gasteiger partial charge >= 0.3 is 5.97 Å². The molecule has 1 N–H and O–H groups in total. The van der Waals surface area contributed by atoms with Crippen molar-refractivity contribution in [3.05, 3.63) is 0 Å². The molecule has 2 aliphatic rings. The lowest BCUT2D eigenvalue weighted by Gasteiger charge is -2.33. The molecular weight excluding hydrogens is 290 g/mol. The van der Waals surface area contributed by atoms with Crippen LogP contribution in [0.4, 0.5) is 0 Å². The minimum absolute atomic E-state index is 0.140. The number of hydrogen-bond acceptors (Lipinski definition) is 5. The van der Waals surface area contributed by atoms with E-state index in [4.69, 9.17) is 14.2 Å². The van der Waals surface area contributed by atoms with E-state index in [-0.39, 0.29) is 18.4 Å². The van der Waals surface area contributed by atoms with Crippen molar-refractivity contribution in [1.82, 2.24) is 4.90 Å². The first kappa shape index (κ1) is 17.2. The molecule has 2 aliphatic heterocycles. The number of carbonyl (C=O) groups excluding carboxylic acids is 1. The summed E-state index contributed by atoms with van der Waals surface area (Å²) in [6.45, 7) is 6.50. The Bertz CT molecular complexity index is 415. The van der Waals surface area contributed by atoms with E-state index in [1.165, 1.54) is 0 Å². The van der Waals surface area contributed by atoms with Crippen LogP contribution in [0.2, 0.25) is 0 Å². The van der Waals surface area contributed by atoms with Crippen molar-refractivity contribution in [2.24, 2.45) is 11.3 Å². The average molecular weight is 315 g/mol. The van der Waals surface area contributed by atoms with Gasteiger partial charge in [0, 0.05) is 32.2 Å². The van der Waals surface area contributed by atoms with Crippen molar-refractivity contribution < 1.29 is 28.9 Å². The van der Waals surface area contributed by atoms with E-state index in [0.29, 0.717) is 46.0 Å². The summed E-state index contributed by atoms with van der Waals surface area (Å²) >= 11 is 0. The first-order valence-electron chi connectivity index (χ1n) is 7.80. The van der Waals surface area contributed by atoms with Crippen LogP contribution >= 0.6 is 0 Å². The Morgan fingerprint density at radius 2 is 2.23 bits per heavy atom. The molecule has 2 heterocycles. The van der Waals surface area contributed by atoms with Gasteiger partial charge in [-0.1, -0.05) is 0 Å². The van der Waals surface area contributed by atoms with Crippen molar-refractivity contribution in [2.45, 2.75) is 26.4 Å². The van der Waals surface area contributed by atoms with Crippen molar-refractivity contribution in [1.29, 1.82) is 0 Å². The van der Waals surface area contributed by atoms with Gasteiger partial charge in [0.15, 0.2) is 0 Å². The molecule has 2 fully saturated rings. The van der Waals surface area contributed by atoms with Gasteiger partial charge in [0.25, 0.3) is 5.91 Å². The number of amides is 1. The molecule has 2 saturated heterocycles. The number of aliphatic carboxylic acids is 1. The van der Waals surface area contributed by atoms with Crippen LogP contribution in [-0.2, 0) is 23.8 Å². The Morgan fingerprint density at radius 3 is 2.86 bits per heavy atom. The van der Waals surface area contributed by atoms with Crippen molar-refractivity contribution >= 4 is 11.9 Å². The number of ether oxygens (including phenoxy) is 3. The third-order valence-electron chi connectivity index (χ3n) is 4.59. The molecule has 0 aromatic heterocycles. The maximum atomic E-state index is 12.4. The standard InChI is InChI=1S/C15H25NO6/c1-3-20-6-7-22-11(2)13(17)16-8-12-9-21-5-4-15(12,10-16)14(18)19/h11-12H,3-10H2,1-2H3,(H,18,19)/t11?,12-,15+/m0/s1. The van der Waals surface area contributed by atoms with Gasteiger partial charge in [-0.05, 0) is 20.3 Å². The van der Waals surface area contributed by atoms with Crippen LogP contribution in [0.3, 0.4) is 0 Å². The van der Waals surface area contributed by atoms with Gasteiger partial charge in [-0.15, -0.1) is 0 Å². The molecular formula is C15H25NO6. The third-order valence-corrected chi connectivity index (χ3v) is 4.59. The van der Waals surface area contributed by atoms with Gasteiger partial charge in [-0.3, -0.25) is 9.59 Å². The van der Waals surface area contributed by atoms with Crippen molar-refractivity contribution in [2.75, 3.05) is 46.1 Å². The van der Waals surface area contributed by atoms with Crippen LogP contribution in [0.15, 0.2) is 0 Å². The van der Waals surface area contributed by atoms with Gasteiger partial charge in [-0.25, -0.2) is 0 Å². The normalized spacial score (nSPS) is 29.2. The minimum Gasteiger partial charge on any atom is -0.481 e. The second-order valence-electron chi connectivity index (χ2n) is 5.91. The second kappa shape index (κ2) is 7.39. The molecule has 3 atom stereocenters. The van der Waals surface area contributed by atoms with E-state index in [1.807, 2.05) is 6.92 Å². The second-order valence-corrected chi connectivity index (χ2v) is 5.91. The highest BCUT2D eigenvalue weighted by Crippen LogP contribution is 2.42. The molecule has 0 aromatic carbocycles. The van der Waals surface area contributed by atoms with E-state index in [0.717, 1.165) is 0 Å². The SMILES string of the molecule is CCOCCOC(C)C(=O)N1C[C@H]2COCC[C@@]2(C(=O)O)C1. The fourth-order valence-corrected chi connectivity index (χ4v) is 3.22. The van der Waals surface area contributed by atoms with Crippen LogP contribution in [0, 0.1) is 11.3 Å². The third kappa shape index (κ3) is 3.42. The summed E-state index contributed by atoms with van der Waals surface area (Å²) in [6.07, 6.45) is -0.136. The van der Waals surface area contributed by atoms with Gasteiger partial charge in [0.2, 0.25) is 0 Å². The monoisotopic (exact) mass is 315 g/mol. The molecule has 7 nitrogen and oxygen atoms in total. The largest absolute Gasteiger partial charge is 0.481 e. The first-order chi connectivity index (χ1) is 10.5. The predicted molar refractivity (Wildman–Crippen MR) is 77.5 cm³/mol. The van der Waals surface area contributed by atoms with E-state index in [2.05, 4.69) is 0 Å². The highest BCUT2D eigenvalue weighted by molar-refractivity contribution is 5.83. The zero-order chi connectivity index (χ0) is 16.2. The molecule has 0 bridgehead atoms. The van der Waals surface area contributed by atoms with Crippen LogP contribution < -0.4 is 0 Å². The molecule has 1 amide bonds. The molecule has 7 heteroatoms. The van der Waals surface area contributed by atoms with E-state index in [1.54, 1.807) is 11.8 Å². The summed E-state index contributed by atoms with van der Waals surface area (Å²) in [4.78, 5) is 25.8.